The molecule has 0 spiro atoms. The summed E-state index contributed by atoms with van der Waals surface area (Å²) in [5, 5.41) is 9.49. The Bertz CT molecular complexity index is 1510. The standard InChI is InChI=1S/C27H24FN5O3S/c1-15-11-19(36-18-5-3-2-4-6-18)7-8-20(15)33-21-9-10-30-26-22(21)23(32-27(33)35)24(37-26)25(34)31-17-12-16(28)13-29-14-17/h2-11,16-17,29H,12-14H2,1H3,(H,31,34)(H,32,35)/t16-,17+/m0/s1. The Kier molecular flexibility index (Phi) is 5.97. The van der Waals surface area contributed by atoms with Crippen molar-refractivity contribution >= 4 is 50.6 Å². The summed E-state index contributed by atoms with van der Waals surface area (Å²) < 4.78 is 19.7. The van der Waals surface area contributed by atoms with Crippen LogP contribution in [0.5, 0.6) is 11.5 Å². The first-order valence-electron chi connectivity index (χ1n) is 12.0. The lowest BCUT2D eigenvalue weighted by atomic mass is 10.1. The van der Waals surface area contributed by atoms with Crippen molar-refractivity contribution in [3.05, 3.63) is 71.2 Å². The fourth-order valence-corrected chi connectivity index (χ4v) is 5.82. The fraction of sp³-hybridized carbons (Fsp3) is 0.222. The highest BCUT2D eigenvalue weighted by Gasteiger charge is 2.34. The van der Waals surface area contributed by atoms with E-state index in [-0.39, 0.29) is 24.4 Å². The van der Waals surface area contributed by atoms with Gasteiger partial charge < -0.3 is 20.7 Å². The largest absolute Gasteiger partial charge is 0.457 e. The molecule has 188 valence electrons. The van der Waals surface area contributed by atoms with Crippen molar-refractivity contribution in [3.63, 3.8) is 0 Å². The Morgan fingerprint density at radius 2 is 1.97 bits per heavy atom. The molecule has 4 aromatic rings. The van der Waals surface area contributed by atoms with Crippen LogP contribution in [-0.4, -0.2) is 42.2 Å². The zero-order valence-electron chi connectivity index (χ0n) is 20.0. The van der Waals surface area contributed by atoms with E-state index in [4.69, 9.17) is 4.74 Å². The van der Waals surface area contributed by atoms with Crippen molar-refractivity contribution in [2.24, 2.45) is 0 Å². The molecular weight excluding hydrogens is 493 g/mol. The van der Waals surface area contributed by atoms with Crippen LogP contribution in [0.25, 0.3) is 10.2 Å². The van der Waals surface area contributed by atoms with Crippen molar-refractivity contribution in [2.75, 3.05) is 23.3 Å². The van der Waals surface area contributed by atoms with Gasteiger partial charge in [0.25, 0.3) is 5.91 Å². The van der Waals surface area contributed by atoms with E-state index in [1.807, 2.05) is 55.5 Å². The van der Waals surface area contributed by atoms with E-state index in [1.165, 1.54) is 11.3 Å². The topological polar surface area (TPSA) is 95.6 Å². The van der Waals surface area contributed by atoms with Gasteiger partial charge in [-0.15, -0.1) is 11.3 Å². The molecule has 3 amide bonds. The summed E-state index contributed by atoms with van der Waals surface area (Å²) in [5.74, 6) is 1.03. The van der Waals surface area contributed by atoms with E-state index in [0.717, 1.165) is 11.3 Å². The number of piperidine rings is 1. The van der Waals surface area contributed by atoms with Crippen LogP contribution in [0.3, 0.4) is 0 Å². The van der Waals surface area contributed by atoms with Crippen LogP contribution in [0.1, 0.15) is 21.7 Å². The summed E-state index contributed by atoms with van der Waals surface area (Å²) in [6.07, 6.45) is 0.881. The highest BCUT2D eigenvalue weighted by Crippen LogP contribution is 2.46. The van der Waals surface area contributed by atoms with Gasteiger partial charge >= 0.3 is 6.03 Å². The zero-order chi connectivity index (χ0) is 25.5. The normalized spacial score (nSPS) is 19.0. The van der Waals surface area contributed by atoms with Crippen LogP contribution in [0, 0.1) is 6.92 Å². The number of benzene rings is 2. The number of para-hydroxylation sites is 1. The van der Waals surface area contributed by atoms with Crippen LogP contribution in [0.15, 0.2) is 60.8 Å². The minimum absolute atomic E-state index is 0.256. The molecule has 8 nitrogen and oxygen atoms in total. The number of hydrogen-bond donors (Lipinski definition) is 3. The first-order valence-corrected chi connectivity index (χ1v) is 12.8. The number of ether oxygens (including phenoxy) is 1. The molecule has 0 radical (unpaired) electrons. The minimum Gasteiger partial charge on any atom is -0.457 e. The smallest absolute Gasteiger partial charge is 0.331 e. The number of aryl methyl sites for hydroxylation is 1. The quantitative estimate of drug-likeness (QED) is 0.324. The molecule has 2 aromatic carbocycles. The third kappa shape index (κ3) is 4.38. The van der Waals surface area contributed by atoms with Gasteiger partial charge in [-0.3, -0.25) is 9.69 Å². The average Bonchev–Trinajstić information content (AvgIpc) is 3.25. The number of anilines is 3. The van der Waals surface area contributed by atoms with Gasteiger partial charge in [0.2, 0.25) is 0 Å². The molecule has 0 bridgehead atoms. The van der Waals surface area contributed by atoms with Crippen LogP contribution in [0.2, 0.25) is 0 Å². The van der Waals surface area contributed by atoms with E-state index in [1.54, 1.807) is 17.2 Å². The number of alkyl halides is 1. The fourth-order valence-electron chi connectivity index (χ4n) is 4.80. The summed E-state index contributed by atoms with van der Waals surface area (Å²) in [5.41, 5.74) is 2.61. The lowest BCUT2D eigenvalue weighted by Gasteiger charge is -2.30. The summed E-state index contributed by atoms with van der Waals surface area (Å²) >= 11 is 1.21. The highest BCUT2D eigenvalue weighted by molar-refractivity contribution is 7.21. The van der Waals surface area contributed by atoms with E-state index in [2.05, 4.69) is 20.9 Å². The second-order valence-corrected chi connectivity index (χ2v) is 10.1. The second kappa shape index (κ2) is 9.45. The molecule has 0 aliphatic carbocycles. The highest BCUT2D eigenvalue weighted by atomic mass is 32.1. The van der Waals surface area contributed by atoms with Crippen molar-refractivity contribution in [3.8, 4) is 11.5 Å². The van der Waals surface area contributed by atoms with Gasteiger partial charge in [-0.1, -0.05) is 18.2 Å². The number of aromatic nitrogens is 1. The molecule has 2 aliphatic rings. The molecular formula is C27H24FN5O3S. The van der Waals surface area contributed by atoms with Crippen LogP contribution >= 0.6 is 11.3 Å². The number of rotatable bonds is 5. The van der Waals surface area contributed by atoms with Crippen molar-refractivity contribution < 1.29 is 18.7 Å². The maximum absolute atomic E-state index is 13.8. The molecule has 2 atom stereocenters. The van der Waals surface area contributed by atoms with E-state index in [0.29, 0.717) is 51.0 Å². The van der Waals surface area contributed by atoms with Gasteiger partial charge in [0.05, 0.1) is 22.4 Å². The Morgan fingerprint density at radius 3 is 2.76 bits per heavy atom. The predicted octanol–water partition coefficient (Wildman–Crippen LogP) is 5.51. The Labute approximate surface area is 216 Å². The zero-order valence-corrected chi connectivity index (χ0v) is 20.8. The predicted molar refractivity (Wildman–Crippen MR) is 142 cm³/mol. The number of hydrogen-bond acceptors (Lipinski definition) is 6. The summed E-state index contributed by atoms with van der Waals surface area (Å²) in [6.45, 7) is 2.70. The molecule has 3 N–H and O–H groups in total. The van der Waals surface area contributed by atoms with Crippen LogP contribution < -0.4 is 25.6 Å². The van der Waals surface area contributed by atoms with Crippen molar-refractivity contribution in [2.45, 2.75) is 25.6 Å². The monoisotopic (exact) mass is 517 g/mol. The Balaban J connectivity index is 1.33. The molecule has 6 rings (SSSR count). The molecule has 10 heteroatoms. The van der Waals surface area contributed by atoms with E-state index in [9.17, 15) is 14.0 Å². The van der Waals surface area contributed by atoms with Crippen molar-refractivity contribution in [1.29, 1.82) is 0 Å². The molecule has 4 heterocycles. The maximum Gasteiger partial charge on any atom is 0.331 e. The lowest BCUT2D eigenvalue weighted by Crippen LogP contribution is -2.49. The third-order valence-electron chi connectivity index (χ3n) is 6.47. The maximum atomic E-state index is 13.8. The second-order valence-electron chi connectivity index (χ2n) is 9.11. The third-order valence-corrected chi connectivity index (χ3v) is 7.57. The number of pyridine rings is 1. The Hall–Kier alpha value is -4.02. The van der Waals surface area contributed by atoms with Gasteiger partial charge in [0.15, 0.2) is 0 Å². The number of carbonyl (C=O) groups is 2. The molecule has 37 heavy (non-hydrogen) atoms. The van der Waals surface area contributed by atoms with Crippen LogP contribution in [0.4, 0.5) is 26.2 Å². The Morgan fingerprint density at radius 1 is 1.14 bits per heavy atom. The van der Waals surface area contributed by atoms with Crippen LogP contribution in [-0.2, 0) is 0 Å². The summed E-state index contributed by atoms with van der Waals surface area (Å²) in [6, 6.07) is 16.1. The summed E-state index contributed by atoms with van der Waals surface area (Å²) in [4.78, 5) is 33.6. The molecule has 1 fully saturated rings. The van der Waals surface area contributed by atoms with Gasteiger partial charge in [-0.2, -0.15) is 0 Å². The van der Waals surface area contributed by atoms with Gasteiger partial charge in [-0.25, -0.2) is 14.2 Å². The molecule has 0 unspecified atom stereocenters. The first-order chi connectivity index (χ1) is 18.0. The number of thiophene rings is 1. The van der Waals surface area contributed by atoms with Gasteiger partial charge in [0.1, 0.15) is 27.4 Å². The first kappa shape index (κ1) is 23.4. The van der Waals surface area contributed by atoms with Gasteiger partial charge in [0, 0.05) is 31.7 Å². The van der Waals surface area contributed by atoms with Gasteiger partial charge in [-0.05, 0) is 48.9 Å². The van der Waals surface area contributed by atoms with E-state index >= 15 is 0 Å². The molecule has 0 saturated carbocycles. The molecule has 2 aliphatic heterocycles. The number of carbonyl (C=O) groups excluding carboxylic acids is 2. The lowest BCUT2D eigenvalue weighted by molar-refractivity contribution is 0.0923. The molecule has 1 saturated heterocycles. The number of nitrogens with zero attached hydrogens (tertiary/aromatic N) is 2. The average molecular weight is 518 g/mol. The molecule has 2 aromatic heterocycles. The van der Waals surface area contributed by atoms with Crippen molar-refractivity contribution in [1.82, 2.24) is 15.6 Å². The summed E-state index contributed by atoms with van der Waals surface area (Å²) in [7, 11) is 0. The number of nitrogens with one attached hydrogen (secondary N) is 3. The number of urea groups is 1. The number of amides is 3. The van der Waals surface area contributed by atoms with E-state index < -0.39 is 6.17 Å². The number of halogens is 1. The SMILES string of the molecule is Cc1cc(Oc2ccccc2)ccc1N1C(=O)Nc2c(C(=O)N[C@H]3CNC[C@@H](F)C3)sc3nccc1c23. The minimum atomic E-state index is -1.01.